The number of hydrogen-bond acceptors (Lipinski definition) is 5. The van der Waals surface area contributed by atoms with Crippen molar-refractivity contribution in [2.75, 3.05) is 10.0 Å². The monoisotopic (exact) mass is 476 g/mol. The maximum absolute atomic E-state index is 14.2. The Bertz CT molecular complexity index is 1380. The van der Waals surface area contributed by atoms with Crippen molar-refractivity contribution >= 4 is 44.9 Å². The van der Waals surface area contributed by atoms with Crippen LogP contribution in [0.15, 0.2) is 41.3 Å². The molecule has 0 saturated heterocycles. The second-order valence-electron chi connectivity index (χ2n) is 7.37. The number of sulfonamides is 1. The van der Waals surface area contributed by atoms with E-state index < -0.39 is 15.8 Å². The summed E-state index contributed by atoms with van der Waals surface area (Å²) in [7, 11) is -4.17. The van der Waals surface area contributed by atoms with Gasteiger partial charge in [-0.15, -0.1) is 0 Å². The first-order chi connectivity index (χ1) is 15.1. The number of benzene rings is 2. The fourth-order valence-electron chi connectivity index (χ4n) is 3.51. The molecule has 0 aliphatic carbocycles. The third kappa shape index (κ3) is 3.98. The molecule has 1 aliphatic heterocycles. The van der Waals surface area contributed by atoms with Crippen LogP contribution in [0.4, 0.5) is 15.9 Å². The van der Waals surface area contributed by atoms with Crippen molar-refractivity contribution in [1.82, 2.24) is 9.78 Å². The van der Waals surface area contributed by atoms with Crippen molar-refractivity contribution < 1.29 is 22.4 Å². The number of aromatic nitrogens is 2. The van der Waals surface area contributed by atoms with E-state index in [1.807, 2.05) is 0 Å². The van der Waals surface area contributed by atoms with E-state index in [0.717, 1.165) is 10.7 Å². The van der Waals surface area contributed by atoms with Gasteiger partial charge in [0, 0.05) is 23.4 Å². The Balaban J connectivity index is 1.81. The molecule has 166 valence electrons. The van der Waals surface area contributed by atoms with Gasteiger partial charge in [-0.1, -0.05) is 23.7 Å². The van der Waals surface area contributed by atoms with Gasteiger partial charge in [0.1, 0.15) is 11.6 Å². The molecule has 1 amide bonds. The lowest BCUT2D eigenvalue weighted by molar-refractivity contribution is -0.116. The van der Waals surface area contributed by atoms with E-state index in [0.29, 0.717) is 22.4 Å². The summed E-state index contributed by atoms with van der Waals surface area (Å²) in [6.07, 6.45) is 0.0499. The standard InChI is InChI=1S/C21H18ClFN4O4S/c1-11-3-4-13(20-12(2)25-27-19(29)8-7-18(28)24-21(20)27)9-17(11)32(30,31)26-16-6-5-14(22)10-15(16)23/h3-6,9-10,26H,7-8H2,1-2H3,(H,24,28). The highest BCUT2D eigenvalue weighted by molar-refractivity contribution is 7.92. The average molecular weight is 477 g/mol. The number of fused-ring (bicyclic) bond motifs is 1. The molecule has 0 bridgehead atoms. The number of carbonyl (C=O) groups excluding carboxylic acids is 2. The van der Waals surface area contributed by atoms with E-state index in [9.17, 15) is 22.4 Å². The lowest BCUT2D eigenvalue weighted by Crippen LogP contribution is -2.15. The zero-order valence-electron chi connectivity index (χ0n) is 17.1. The normalized spacial score (nSPS) is 14.0. The summed E-state index contributed by atoms with van der Waals surface area (Å²) in [6.45, 7) is 3.26. The molecule has 2 aromatic carbocycles. The highest BCUT2D eigenvalue weighted by Crippen LogP contribution is 2.35. The molecule has 2 N–H and O–H groups in total. The number of amides is 1. The Labute approximate surface area is 188 Å². The summed E-state index contributed by atoms with van der Waals surface area (Å²) in [5.41, 5.74) is 1.49. The van der Waals surface area contributed by atoms with Crippen LogP contribution in [0.25, 0.3) is 11.1 Å². The maximum atomic E-state index is 14.2. The van der Waals surface area contributed by atoms with Crippen LogP contribution in [0, 0.1) is 19.7 Å². The van der Waals surface area contributed by atoms with Gasteiger partial charge in [-0.05, 0) is 49.2 Å². The molecule has 32 heavy (non-hydrogen) atoms. The summed E-state index contributed by atoms with van der Waals surface area (Å²) >= 11 is 5.73. The maximum Gasteiger partial charge on any atom is 0.262 e. The summed E-state index contributed by atoms with van der Waals surface area (Å²) in [5, 5.41) is 7.05. The number of hydrogen-bond donors (Lipinski definition) is 2. The van der Waals surface area contributed by atoms with E-state index in [1.165, 1.54) is 18.2 Å². The molecule has 1 aromatic heterocycles. The van der Waals surface area contributed by atoms with Crippen LogP contribution in [-0.2, 0) is 14.8 Å². The molecule has 0 unspecified atom stereocenters. The lowest BCUT2D eigenvalue weighted by atomic mass is 10.0. The van der Waals surface area contributed by atoms with Gasteiger partial charge < -0.3 is 5.32 Å². The molecule has 3 aromatic rings. The van der Waals surface area contributed by atoms with Crippen LogP contribution < -0.4 is 10.0 Å². The Hall–Kier alpha value is -3.24. The molecule has 4 rings (SSSR count). The predicted octanol–water partition coefficient (Wildman–Crippen LogP) is 4.13. The third-order valence-corrected chi connectivity index (χ3v) is 6.80. The van der Waals surface area contributed by atoms with Crippen molar-refractivity contribution in [2.45, 2.75) is 31.6 Å². The van der Waals surface area contributed by atoms with Gasteiger partial charge in [-0.3, -0.25) is 14.3 Å². The summed E-state index contributed by atoms with van der Waals surface area (Å²) in [6, 6.07) is 8.27. The van der Waals surface area contributed by atoms with Gasteiger partial charge >= 0.3 is 0 Å². The molecule has 8 nitrogen and oxygen atoms in total. The molecular weight excluding hydrogens is 459 g/mol. The largest absolute Gasteiger partial charge is 0.310 e. The van der Waals surface area contributed by atoms with Crippen LogP contribution in [0.1, 0.15) is 28.9 Å². The van der Waals surface area contributed by atoms with Gasteiger partial charge in [-0.2, -0.15) is 9.78 Å². The average Bonchev–Trinajstić information content (AvgIpc) is 2.97. The van der Waals surface area contributed by atoms with Crippen LogP contribution in [-0.4, -0.2) is 30.0 Å². The third-order valence-electron chi connectivity index (χ3n) is 5.06. The van der Waals surface area contributed by atoms with E-state index in [4.69, 9.17) is 11.6 Å². The second kappa shape index (κ2) is 8.03. The first kappa shape index (κ1) is 22.0. The number of nitrogens with zero attached hydrogens (tertiary/aromatic N) is 2. The molecule has 0 fully saturated rings. The van der Waals surface area contributed by atoms with Crippen molar-refractivity contribution in [2.24, 2.45) is 0 Å². The minimum absolute atomic E-state index is 0.0174. The second-order valence-corrected chi connectivity index (χ2v) is 9.46. The SMILES string of the molecule is Cc1ccc(-c2c(C)nn3c2NC(=O)CCC3=O)cc1S(=O)(=O)Nc1ccc(Cl)cc1F. The van der Waals surface area contributed by atoms with E-state index >= 15 is 0 Å². The zero-order valence-corrected chi connectivity index (χ0v) is 18.6. The van der Waals surface area contributed by atoms with Crippen LogP contribution >= 0.6 is 11.6 Å². The number of anilines is 2. The van der Waals surface area contributed by atoms with Crippen LogP contribution in [0.5, 0.6) is 0 Å². The summed E-state index contributed by atoms with van der Waals surface area (Å²) < 4.78 is 43.6. The van der Waals surface area contributed by atoms with Gasteiger partial charge in [0.25, 0.3) is 10.0 Å². The highest BCUT2D eigenvalue weighted by atomic mass is 35.5. The van der Waals surface area contributed by atoms with Gasteiger partial charge in [0.05, 0.1) is 16.3 Å². The number of nitrogens with one attached hydrogen (secondary N) is 2. The Morgan fingerprint density at radius 1 is 1.12 bits per heavy atom. The van der Waals surface area contributed by atoms with E-state index in [1.54, 1.807) is 26.0 Å². The number of aryl methyl sites for hydroxylation is 2. The first-order valence-corrected chi connectivity index (χ1v) is 11.4. The van der Waals surface area contributed by atoms with Crippen molar-refractivity contribution in [3.8, 4) is 11.1 Å². The molecule has 0 atom stereocenters. The van der Waals surface area contributed by atoms with E-state index in [-0.39, 0.29) is 46.1 Å². The Morgan fingerprint density at radius 2 is 1.88 bits per heavy atom. The van der Waals surface area contributed by atoms with Crippen molar-refractivity contribution in [3.63, 3.8) is 0 Å². The molecular formula is C21H18ClFN4O4S. The summed E-state index contributed by atoms with van der Waals surface area (Å²) in [4.78, 5) is 24.3. The Morgan fingerprint density at radius 3 is 2.59 bits per heavy atom. The molecule has 0 spiro atoms. The number of halogens is 2. The smallest absolute Gasteiger partial charge is 0.262 e. The zero-order chi connectivity index (χ0) is 23.2. The van der Waals surface area contributed by atoms with Crippen molar-refractivity contribution in [3.05, 3.63) is 58.5 Å². The fourth-order valence-corrected chi connectivity index (χ4v) is 5.00. The molecule has 11 heteroatoms. The first-order valence-electron chi connectivity index (χ1n) is 9.58. The molecule has 2 heterocycles. The lowest BCUT2D eigenvalue weighted by Gasteiger charge is -2.13. The van der Waals surface area contributed by atoms with Gasteiger partial charge in [0.2, 0.25) is 11.8 Å². The van der Waals surface area contributed by atoms with Gasteiger partial charge in [0.15, 0.2) is 0 Å². The molecule has 1 aliphatic rings. The quantitative estimate of drug-likeness (QED) is 0.588. The molecule has 0 saturated carbocycles. The fraction of sp³-hybridized carbons (Fsp3) is 0.190. The number of rotatable bonds is 4. The minimum Gasteiger partial charge on any atom is -0.310 e. The van der Waals surface area contributed by atoms with Gasteiger partial charge in [-0.25, -0.2) is 12.8 Å². The summed E-state index contributed by atoms with van der Waals surface area (Å²) in [5.74, 6) is -1.29. The molecule has 0 radical (unpaired) electrons. The predicted molar refractivity (Wildman–Crippen MR) is 118 cm³/mol. The van der Waals surface area contributed by atoms with Crippen molar-refractivity contribution in [1.29, 1.82) is 0 Å². The number of carbonyl (C=O) groups is 2. The van der Waals surface area contributed by atoms with Crippen LogP contribution in [0.3, 0.4) is 0 Å². The van der Waals surface area contributed by atoms with Crippen LogP contribution in [0.2, 0.25) is 5.02 Å². The minimum atomic E-state index is -4.17. The topological polar surface area (TPSA) is 110 Å². The Kier molecular flexibility index (Phi) is 5.51. The van der Waals surface area contributed by atoms with E-state index in [2.05, 4.69) is 15.1 Å². The highest BCUT2D eigenvalue weighted by Gasteiger charge is 2.27.